The first-order valence-corrected chi connectivity index (χ1v) is 9.05. The van der Waals surface area contributed by atoms with Crippen LogP contribution in [0.5, 0.6) is 0 Å². The minimum atomic E-state index is -3.15. The third-order valence-corrected chi connectivity index (χ3v) is 4.65. The Kier molecular flexibility index (Phi) is 8.98. The monoisotopic (exact) mass is 313 g/mol. The largest absolute Gasteiger partial charge is 0.379 e. The maximum absolute atomic E-state index is 11.5. The fraction of sp³-hybridized carbons (Fsp3) is 1.00. The van der Waals surface area contributed by atoms with Crippen molar-refractivity contribution in [2.45, 2.75) is 38.2 Å². The van der Waals surface area contributed by atoms with Crippen LogP contribution < -0.4 is 4.72 Å². The highest BCUT2D eigenvalue weighted by Gasteiger charge is 2.15. The summed E-state index contributed by atoms with van der Waals surface area (Å²) in [5.41, 5.74) is 0. The third-order valence-electron chi connectivity index (χ3n) is 2.91. The second kappa shape index (κ2) is 9.94. The number of nitrogens with one attached hydrogen (secondary N) is 1. The molecule has 1 aliphatic heterocycles. The van der Waals surface area contributed by atoms with E-state index >= 15 is 0 Å². The maximum atomic E-state index is 11.5. The fourth-order valence-electron chi connectivity index (χ4n) is 1.85. The first kappa shape index (κ1) is 17.2. The van der Waals surface area contributed by atoms with Crippen LogP contribution in [0.15, 0.2) is 0 Å². The van der Waals surface area contributed by atoms with Gasteiger partial charge in [-0.25, -0.2) is 13.1 Å². The van der Waals surface area contributed by atoms with Crippen molar-refractivity contribution in [3.63, 3.8) is 0 Å². The summed E-state index contributed by atoms with van der Waals surface area (Å²) in [4.78, 5) is 0. The molecular formula is C12H24ClNO4S. The molecule has 0 spiro atoms. The van der Waals surface area contributed by atoms with E-state index in [0.29, 0.717) is 38.5 Å². The van der Waals surface area contributed by atoms with Gasteiger partial charge in [-0.1, -0.05) is 0 Å². The second-order valence-corrected chi connectivity index (χ2v) is 6.98. The number of hydrogen-bond donors (Lipinski definition) is 1. The van der Waals surface area contributed by atoms with Gasteiger partial charge in [0.25, 0.3) is 0 Å². The molecule has 1 saturated heterocycles. The zero-order valence-electron chi connectivity index (χ0n) is 11.3. The van der Waals surface area contributed by atoms with Gasteiger partial charge in [-0.2, -0.15) is 0 Å². The molecule has 1 aliphatic rings. The highest BCUT2D eigenvalue weighted by atomic mass is 35.5. The predicted molar refractivity (Wildman–Crippen MR) is 76.2 cm³/mol. The van der Waals surface area contributed by atoms with Crippen LogP contribution in [0, 0.1) is 0 Å². The summed E-state index contributed by atoms with van der Waals surface area (Å²) >= 11 is 5.50. The molecule has 1 rings (SSSR count). The maximum Gasteiger partial charge on any atom is 0.211 e. The van der Waals surface area contributed by atoms with Crippen LogP contribution in [-0.2, 0) is 19.5 Å². The molecule has 0 aliphatic carbocycles. The van der Waals surface area contributed by atoms with Crippen molar-refractivity contribution < 1.29 is 17.9 Å². The molecule has 1 fully saturated rings. The zero-order valence-corrected chi connectivity index (χ0v) is 12.8. The number of rotatable bonds is 11. The SMILES string of the molecule is O=S(=O)(CCCCCl)NCCCOCC1CCCO1. The second-order valence-electron chi connectivity index (χ2n) is 4.67. The van der Waals surface area contributed by atoms with Gasteiger partial charge in [0, 0.05) is 25.6 Å². The minimum Gasteiger partial charge on any atom is -0.379 e. The number of ether oxygens (including phenoxy) is 2. The lowest BCUT2D eigenvalue weighted by Crippen LogP contribution is -2.28. The molecule has 0 radical (unpaired) electrons. The average molecular weight is 314 g/mol. The minimum absolute atomic E-state index is 0.149. The Morgan fingerprint density at radius 2 is 2.16 bits per heavy atom. The fourth-order valence-corrected chi connectivity index (χ4v) is 3.22. The van der Waals surface area contributed by atoms with Crippen molar-refractivity contribution in [3.8, 4) is 0 Å². The molecule has 1 unspecified atom stereocenters. The Hall–Kier alpha value is 0.120. The topological polar surface area (TPSA) is 64.6 Å². The van der Waals surface area contributed by atoms with E-state index in [4.69, 9.17) is 21.1 Å². The van der Waals surface area contributed by atoms with E-state index in [-0.39, 0.29) is 11.9 Å². The molecule has 1 atom stereocenters. The Morgan fingerprint density at radius 3 is 2.84 bits per heavy atom. The molecule has 0 aromatic carbocycles. The number of hydrogen-bond acceptors (Lipinski definition) is 4. The molecule has 0 saturated carbocycles. The summed E-state index contributed by atoms with van der Waals surface area (Å²) in [6.45, 7) is 2.43. The number of unbranched alkanes of at least 4 members (excludes halogenated alkanes) is 1. The molecule has 0 aromatic rings. The van der Waals surface area contributed by atoms with Crippen LogP contribution in [0.1, 0.15) is 32.1 Å². The van der Waals surface area contributed by atoms with E-state index in [9.17, 15) is 8.42 Å². The number of alkyl halides is 1. The summed E-state index contributed by atoms with van der Waals surface area (Å²) in [6, 6.07) is 0. The molecule has 1 N–H and O–H groups in total. The van der Waals surface area contributed by atoms with Crippen LogP contribution in [0.25, 0.3) is 0 Å². The molecule has 0 bridgehead atoms. The van der Waals surface area contributed by atoms with Crippen LogP contribution >= 0.6 is 11.6 Å². The highest BCUT2D eigenvalue weighted by Crippen LogP contribution is 2.11. The Labute approximate surface area is 121 Å². The molecule has 1 heterocycles. The molecule has 5 nitrogen and oxygen atoms in total. The van der Waals surface area contributed by atoms with Crippen molar-refractivity contribution in [1.29, 1.82) is 0 Å². The van der Waals surface area contributed by atoms with Crippen LogP contribution in [0.4, 0.5) is 0 Å². The van der Waals surface area contributed by atoms with Gasteiger partial charge in [0.05, 0.1) is 18.5 Å². The van der Waals surface area contributed by atoms with E-state index in [1.54, 1.807) is 0 Å². The van der Waals surface area contributed by atoms with E-state index in [1.165, 1.54) is 0 Å². The van der Waals surface area contributed by atoms with E-state index in [0.717, 1.165) is 25.9 Å². The van der Waals surface area contributed by atoms with Crippen LogP contribution in [-0.4, -0.2) is 52.5 Å². The molecular weight excluding hydrogens is 290 g/mol. The predicted octanol–water partition coefficient (Wildman–Crippen LogP) is 1.51. The number of halogens is 1. The van der Waals surface area contributed by atoms with Gasteiger partial charge in [-0.05, 0) is 32.1 Å². The smallest absolute Gasteiger partial charge is 0.211 e. The first-order valence-electron chi connectivity index (χ1n) is 6.87. The first-order chi connectivity index (χ1) is 9.14. The van der Waals surface area contributed by atoms with Gasteiger partial charge in [0.15, 0.2) is 0 Å². The lowest BCUT2D eigenvalue weighted by molar-refractivity contribution is 0.0169. The summed E-state index contributed by atoms with van der Waals surface area (Å²) in [5.74, 6) is 0.656. The van der Waals surface area contributed by atoms with Crippen molar-refractivity contribution >= 4 is 21.6 Å². The van der Waals surface area contributed by atoms with Gasteiger partial charge in [0.2, 0.25) is 10.0 Å². The average Bonchev–Trinajstić information content (AvgIpc) is 2.87. The van der Waals surface area contributed by atoms with Crippen molar-refractivity contribution in [1.82, 2.24) is 4.72 Å². The quantitative estimate of drug-likeness (QED) is 0.464. The third kappa shape index (κ3) is 8.81. The Bertz CT molecular complexity index is 318. The Morgan fingerprint density at radius 1 is 1.32 bits per heavy atom. The van der Waals surface area contributed by atoms with Gasteiger partial charge in [0.1, 0.15) is 0 Å². The van der Waals surface area contributed by atoms with E-state index in [1.807, 2.05) is 0 Å². The summed E-state index contributed by atoms with van der Waals surface area (Å²) < 4.78 is 36.5. The molecule has 0 aromatic heterocycles. The summed E-state index contributed by atoms with van der Waals surface area (Å²) in [7, 11) is -3.15. The van der Waals surface area contributed by atoms with E-state index in [2.05, 4.69) is 4.72 Å². The number of sulfonamides is 1. The van der Waals surface area contributed by atoms with E-state index < -0.39 is 10.0 Å². The summed E-state index contributed by atoms with van der Waals surface area (Å²) in [6.07, 6.45) is 4.42. The van der Waals surface area contributed by atoms with Gasteiger partial charge in [-0.15, -0.1) is 11.6 Å². The Balaban J connectivity index is 1.94. The standard InChI is InChI=1S/C12H24ClNO4S/c13-6-1-2-10-19(15,16)14-7-4-8-17-11-12-5-3-9-18-12/h12,14H,1-11H2. The lowest BCUT2D eigenvalue weighted by Gasteiger charge is -2.10. The van der Waals surface area contributed by atoms with Crippen molar-refractivity contribution in [2.75, 3.05) is 38.0 Å². The van der Waals surface area contributed by atoms with Crippen LogP contribution in [0.2, 0.25) is 0 Å². The lowest BCUT2D eigenvalue weighted by atomic mass is 10.2. The van der Waals surface area contributed by atoms with Crippen molar-refractivity contribution in [2.24, 2.45) is 0 Å². The van der Waals surface area contributed by atoms with Gasteiger partial charge >= 0.3 is 0 Å². The highest BCUT2D eigenvalue weighted by molar-refractivity contribution is 7.89. The normalized spacial score (nSPS) is 19.9. The van der Waals surface area contributed by atoms with Gasteiger partial charge < -0.3 is 9.47 Å². The summed E-state index contributed by atoms with van der Waals surface area (Å²) in [5, 5.41) is 0. The zero-order chi connectivity index (χ0) is 14.0. The molecule has 0 amide bonds. The molecule has 7 heteroatoms. The van der Waals surface area contributed by atoms with Gasteiger partial charge in [-0.3, -0.25) is 0 Å². The molecule has 114 valence electrons. The van der Waals surface area contributed by atoms with Crippen molar-refractivity contribution in [3.05, 3.63) is 0 Å². The van der Waals surface area contributed by atoms with Crippen LogP contribution in [0.3, 0.4) is 0 Å². The molecule has 19 heavy (non-hydrogen) atoms.